The van der Waals surface area contributed by atoms with E-state index in [-0.39, 0.29) is 11.4 Å². The van der Waals surface area contributed by atoms with Crippen molar-refractivity contribution in [2.24, 2.45) is 0 Å². The topological polar surface area (TPSA) is 72.3 Å². The average molecular weight is 265 g/mol. The third-order valence-corrected chi connectivity index (χ3v) is 2.36. The zero-order valence-electron chi connectivity index (χ0n) is 9.42. The van der Waals surface area contributed by atoms with Crippen LogP contribution in [0.5, 0.6) is 11.6 Å². The first kappa shape index (κ1) is 12.3. The van der Waals surface area contributed by atoms with Gasteiger partial charge in [-0.3, -0.25) is 0 Å². The molecule has 1 aromatic carbocycles. The van der Waals surface area contributed by atoms with Crippen LogP contribution in [0.15, 0.2) is 30.3 Å². The quantitative estimate of drug-likeness (QED) is 0.923. The van der Waals surface area contributed by atoms with Crippen molar-refractivity contribution in [1.82, 2.24) is 10.2 Å². The zero-order valence-corrected chi connectivity index (χ0v) is 10.2. The molecular formula is C12H9ClN2O3. The Labute approximate surface area is 108 Å². The summed E-state index contributed by atoms with van der Waals surface area (Å²) in [5.41, 5.74) is 0.466. The standard InChI is InChI=1S/C12H9ClN2O3/c1-7-5-10(12(16)17)11(15-14-7)18-9-4-2-3-8(13)6-9/h2-6H,1H3,(H,16,17). The first-order valence-corrected chi connectivity index (χ1v) is 5.45. The van der Waals surface area contributed by atoms with E-state index in [1.165, 1.54) is 6.07 Å². The molecule has 0 unspecified atom stereocenters. The zero-order chi connectivity index (χ0) is 13.1. The molecule has 2 rings (SSSR count). The largest absolute Gasteiger partial charge is 0.477 e. The van der Waals surface area contributed by atoms with Crippen LogP contribution in [0.1, 0.15) is 16.1 Å². The number of benzene rings is 1. The van der Waals surface area contributed by atoms with Crippen molar-refractivity contribution in [3.63, 3.8) is 0 Å². The fraction of sp³-hybridized carbons (Fsp3) is 0.0833. The second-order valence-corrected chi connectivity index (χ2v) is 4.01. The molecule has 1 N–H and O–H groups in total. The molecular weight excluding hydrogens is 256 g/mol. The molecule has 0 aliphatic heterocycles. The van der Waals surface area contributed by atoms with Gasteiger partial charge in [0.25, 0.3) is 5.88 Å². The summed E-state index contributed by atoms with van der Waals surface area (Å²) in [6, 6.07) is 8.00. The average Bonchev–Trinajstić information content (AvgIpc) is 2.31. The first-order valence-electron chi connectivity index (χ1n) is 5.07. The molecule has 6 heteroatoms. The number of carbonyl (C=O) groups is 1. The van der Waals surface area contributed by atoms with E-state index in [4.69, 9.17) is 21.4 Å². The lowest BCUT2D eigenvalue weighted by molar-refractivity contribution is 0.0693. The molecule has 92 valence electrons. The van der Waals surface area contributed by atoms with Gasteiger partial charge in [-0.1, -0.05) is 17.7 Å². The van der Waals surface area contributed by atoms with E-state index in [0.29, 0.717) is 16.5 Å². The minimum absolute atomic E-state index is 0.0394. The Bertz CT molecular complexity index is 602. The lowest BCUT2D eigenvalue weighted by Gasteiger charge is -2.07. The summed E-state index contributed by atoms with van der Waals surface area (Å²) in [4.78, 5) is 11.1. The van der Waals surface area contributed by atoms with Gasteiger partial charge in [0.05, 0.1) is 5.69 Å². The lowest BCUT2D eigenvalue weighted by Crippen LogP contribution is -2.04. The molecule has 0 aliphatic carbocycles. The molecule has 5 nitrogen and oxygen atoms in total. The number of rotatable bonds is 3. The van der Waals surface area contributed by atoms with Crippen LogP contribution in [-0.2, 0) is 0 Å². The first-order chi connectivity index (χ1) is 8.56. The number of aromatic nitrogens is 2. The Hall–Kier alpha value is -2.14. The number of aromatic carboxylic acids is 1. The lowest BCUT2D eigenvalue weighted by atomic mass is 10.2. The molecule has 0 saturated heterocycles. The van der Waals surface area contributed by atoms with Crippen molar-refractivity contribution < 1.29 is 14.6 Å². The molecule has 0 aliphatic rings. The van der Waals surface area contributed by atoms with Crippen LogP contribution in [0.3, 0.4) is 0 Å². The van der Waals surface area contributed by atoms with Crippen molar-refractivity contribution >= 4 is 17.6 Å². The molecule has 0 amide bonds. The Morgan fingerprint density at radius 1 is 1.33 bits per heavy atom. The maximum atomic E-state index is 11.1. The molecule has 0 spiro atoms. The van der Waals surface area contributed by atoms with Crippen molar-refractivity contribution in [2.45, 2.75) is 6.92 Å². The third kappa shape index (κ3) is 2.75. The highest BCUT2D eigenvalue weighted by Crippen LogP contribution is 2.25. The summed E-state index contributed by atoms with van der Waals surface area (Å²) in [5.74, 6) is -0.774. The second-order valence-electron chi connectivity index (χ2n) is 3.57. The number of nitrogens with zero attached hydrogens (tertiary/aromatic N) is 2. The van der Waals surface area contributed by atoms with E-state index >= 15 is 0 Å². The van der Waals surface area contributed by atoms with Crippen LogP contribution in [-0.4, -0.2) is 21.3 Å². The SMILES string of the molecule is Cc1cc(C(=O)O)c(Oc2cccc(Cl)c2)nn1. The predicted octanol–water partition coefficient (Wildman–Crippen LogP) is 2.93. The minimum atomic E-state index is -1.12. The van der Waals surface area contributed by atoms with Gasteiger partial charge in [0.2, 0.25) is 0 Å². The number of carboxylic acid groups (broad SMARTS) is 1. The number of carboxylic acids is 1. The molecule has 2 aromatic rings. The molecule has 1 aromatic heterocycles. The highest BCUT2D eigenvalue weighted by molar-refractivity contribution is 6.30. The highest BCUT2D eigenvalue weighted by Gasteiger charge is 2.15. The van der Waals surface area contributed by atoms with Crippen molar-refractivity contribution in [2.75, 3.05) is 0 Å². The Kier molecular flexibility index (Phi) is 3.43. The monoisotopic (exact) mass is 264 g/mol. The second kappa shape index (κ2) is 5.01. The van der Waals surface area contributed by atoms with Crippen LogP contribution < -0.4 is 4.74 Å². The highest BCUT2D eigenvalue weighted by atomic mass is 35.5. The summed E-state index contributed by atoms with van der Waals surface area (Å²) >= 11 is 5.81. The summed E-state index contributed by atoms with van der Waals surface area (Å²) in [6.45, 7) is 1.66. The van der Waals surface area contributed by atoms with Crippen LogP contribution in [0.25, 0.3) is 0 Å². The summed E-state index contributed by atoms with van der Waals surface area (Å²) in [7, 11) is 0. The Morgan fingerprint density at radius 3 is 2.78 bits per heavy atom. The van der Waals surface area contributed by atoms with E-state index in [1.807, 2.05) is 0 Å². The van der Waals surface area contributed by atoms with Gasteiger partial charge in [-0.05, 0) is 31.2 Å². The number of halogens is 1. The van der Waals surface area contributed by atoms with Gasteiger partial charge >= 0.3 is 5.97 Å². The van der Waals surface area contributed by atoms with Crippen LogP contribution in [0.4, 0.5) is 0 Å². The van der Waals surface area contributed by atoms with Gasteiger partial charge in [0.1, 0.15) is 11.3 Å². The molecule has 18 heavy (non-hydrogen) atoms. The minimum Gasteiger partial charge on any atom is -0.477 e. The predicted molar refractivity (Wildman–Crippen MR) is 65.3 cm³/mol. The molecule has 0 fully saturated rings. The van der Waals surface area contributed by atoms with Gasteiger partial charge in [-0.15, -0.1) is 5.10 Å². The van der Waals surface area contributed by atoms with Gasteiger partial charge < -0.3 is 9.84 Å². The van der Waals surface area contributed by atoms with E-state index in [2.05, 4.69) is 10.2 Å². The molecule has 0 radical (unpaired) electrons. The third-order valence-electron chi connectivity index (χ3n) is 2.12. The van der Waals surface area contributed by atoms with E-state index in [0.717, 1.165) is 0 Å². The smallest absolute Gasteiger partial charge is 0.341 e. The number of ether oxygens (including phenoxy) is 1. The van der Waals surface area contributed by atoms with Gasteiger partial charge in [0.15, 0.2) is 0 Å². The normalized spacial score (nSPS) is 10.1. The van der Waals surface area contributed by atoms with Crippen molar-refractivity contribution in [3.05, 3.63) is 46.6 Å². The number of aryl methyl sites for hydroxylation is 1. The Balaban J connectivity index is 2.37. The van der Waals surface area contributed by atoms with Crippen LogP contribution in [0.2, 0.25) is 5.02 Å². The van der Waals surface area contributed by atoms with Gasteiger partial charge in [-0.2, -0.15) is 5.10 Å². The summed E-state index contributed by atoms with van der Waals surface area (Å²) in [5, 5.41) is 17.0. The molecule has 0 saturated carbocycles. The molecule has 0 atom stereocenters. The van der Waals surface area contributed by atoms with Gasteiger partial charge in [0, 0.05) is 5.02 Å². The number of hydrogen-bond acceptors (Lipinski definition) is 4. The van der Waals surface area contributed by atoms with E-state index in [1.54, 1.807) is 31.2 Å². The molecule has 0 bridgehead atoms. The van der Waals surface area contributed by atoms with Crippen LogP contribution in [0, 0.1) is 6.92 Å². The summed E-state index contributed by atoms with van der Waals surface area (Å²) in [6.07, 6.45) is 0. The fourth-order valence-corrected chi connectivity index (χ4v) is 1.53. The fourth-order valence-electron chi connectivity index (χ4n) is 1.35. The van der Waals surface area contributed by atoms with Crippen LogP contribution >= 0.6 is 11.6 Å². The maximum absolute atomic E-state index is 11.1. The maximum Gasteiger partial charge on any atom is 0.341 e. The number of hydrogen-bond donors (Lipinski definition) is 1. The summed E-state index contributed by atoms with van der Waals surface area (Å²) < 4.78 is 5.37. The molecule has 1 heterocycles. The Morgan fingerprint density at radius 2 is 2.11 bits per heavy atom. The van der Waals surface area contributed by atoms with Gasteiger partial charge in [-0.25, -0.2) is 4.79 Å². The van der Waals surface area contributed by atoms with E-state index < -0.39 is 5.97 Å². The van der Waals surface area contributed by atoms with E-state index in [9.17, 15) is 4.79 Å². The van der Waals surface area contributed by atoms with Crippen molar-refractivity contribution in [3.8, 4) is 11.6 Å². The van der Waals surface area contributed by atoms with Crippen molar-refractivity contribution in [1.29, 1.82) is 0 Å².